The van der Waals surface area contributed by atoms with E-state index in [2.05, 4.69) is 48.7 Å². The van der Waals surface area contributed by atoms with Gasteiger partial charge < -0.3 is 11.1 Å². The molecule has 0 atom stereocenters. The molecule has 0 aliphatic heterocycles. The summed E-state index contributed by atoms with van der Waals surface area (Å²) < 4.78 is 1.44. The third-order valence-electron chi connectivity index (χ3n) is 2.89. The van der Waals surface area contributed by atoms with Crippen molar-refractivity contribution in [3.8, 4) is 5.95 Å². The van der Waals surface area contributed by atoms with Crippen LogP contribution in [0.15, 0.2) is 24.1 Å². The molecule has 3 N–H and O–H groups in total. The second-order valence-electron chi connectivity index (χ2n) is 4.23. The van der Waals surface area contributed by atoms with Crippen LogP contribution >= 0.6 is 11.3 Å². The van der Waals surface area contributed by atoms with Gasteiger partial charge in [0.05, 0.1) is 6.54 Å². The molecule has 0 saturated heterocycles. The predicted octanol–water partition coefficient (Wildman–Crippen LogP) is 1.27. The number of nitrogens with zero attached hydrogens (tertiary/aromatic N) is 6. The lowest BCUT2D eigenvalue weighted by Crippen LogP contribution is -2.11. The number of rotatable bonds is 5. The number of aryl methyl sites for hydroxylation is 1. The van der Waals surface area contributed by atoms with E-state index in [-0.39, 0.29) is 5.95 Å². The van der Waals surface area contributed by atoms with E-state index < -0.39 is 0 Å². The molecule has 3 heterocycles. The van der Waals surface area contributed by atoms with Gasteiger partial charge in [0, 0.05) is 4.88 Å². The van der Waals surface area contributed by atoms with Crippen LogP contribution in [0.1, 0.15) is 17.4 Å². The van der Waals surface area contributed by atoms with Crippen molar-refractivity contribution in [1.29, 1.82) is 0 Å². The average Bonchev–Trinajstić information content (AvgIpc) is 3.15. The van der Waals surface area contributed by atoms with Gasteiger partial charge >= 0.3 is 0 Å². The Kier molecular flexibility index (Phi) is 3.73. The van der Waals surface area contributed by atoms with Crippen molar-refractivity contribution in [2.45, 2.75) is 19.9 Å². The molecular formula is C12H14N8S. The molecule has 0 aliphatic rings. The molecule has 3 aromatic rings. The maximum absolute atomic E-state index is 5.71. The molecule has 0 aromatic carbocycles. The largest absolute Gasteiger partial charge is 0.368 e. The third-order valence-corrected chi connectivity index (χ3v) is 3.85. The van der Waals surface area contributed by atoms with Crippen LogP contribution in [-0.4, -0.2) is 29.7 Å². The normalized spacial score (nSPS) is 10.7. The molecule has 3 aromatic heterocycles. The average molecular weight is 302 g/mol. The quantitative estimate of drug-likeness (QED) is 0.730. The van der Waals surface area contributed by atoms with Crippen LogP contribution < -0.4 is 11.1 Å². The summed E-state index contributed by atoms with van der Waals surface area (Å²) in [6.45, 7) is 2.79. The van der Waals surface area contributed by atoms with E-state index in [9.17, 15) is 0 Å². The Morgan fingerprint density at radius 2 is 2.24 bits per heavy atom. The highest BCUT2D eigenvalue weighted by Gasteiger charge is 2.08. The zero-order valence-electron chi connectivity index (χ0n) is 11.4. The Labute approximate surface area is 125 Å². The molecule has 9 heteroatoms. The monoisotopic (exact) mass is 302 g/mol. The number of nitrogens with two attached hydrogens (primary N) is 1. The second-order valence-corrected chi connectivity index (χ2v) is 5.23. The topological polar surface area (TPSA) is 107 Å². The molecule has 0 bridgehead atoms. The highest BCUT2D eigenvalue weighted by atomic mass is 32.1. The summed E-state index contributed by atoms with van der Waals surface area (Å²) in [5, 5.41) is 9.23. The number of aromatic nitrogens is 6. The lowest BCUT2D eigenvalue weighted by molar-refractivity contribution is 0.797. The standard InChI is InChI=1S/C12H14N8S/c1-2-8-3-4-21-9(8)5-15-11-17-10(13)18-12(19-11)20-7-14-6-16-20/h3-4,6-7H,2,5H2,1H3,(H3,13,15,17,18,19). The highest BCUT2D eigenvalue weighted by Crippen LogP contribution is 2.18. The van der Waals surface area contributed by atoms with E-state index in [1.54, 1.807) is 11.3 Å². The first kappa shape index (κ1) is 13.4. The first-order chi connectivity index (χ1) is 10.3. The van der Waals surface area contributed by atoms with E-state index in [1.807, 2.05) is 0 Å². The van der Waals surface area contributed by atoms with E-state index in [0.717, 1.165) is 6.42 Å². The van der Waals surface area contributed by atoms with Crippen LogP contribution in [0.5, 0.6) is 0 Å². The Balaban J connectivity index is 1.79. The number of nitrogens with one attached hydrogen (secondary N) is 1. The van der Waals surface area contributed by atoms with Crippen molar-refractivity contribution in [1.82, 2.24) is 29.7 Å². The maximum atomic E-state index is 5.71. The first-order valence-corrected chi connectivity index (χ1v) is 7.30. The Hall–Kier alpha value is -2.55. The number of hydrogen-bond donors (Lipinski definition) is 2. The molecule has 0 fully saturated rings. The molecule has 0 aliphatic carbocycles. The smallest absolute Gasteiger partial charge is 0.258 e. The molecule has 0 amide bonds. The summed E-state index contributed by atoms with van der Waals surface area (Å²) in [6, 6.07) is 2.13. The molecular weight excluding hydrogens is 288 g/mol. The highest BCUT2D eigenvalue weighted by molar-refractivity contribution is 7.10. The van der Waals surface area contributed by atoms with Crippen molar-refractivity contribution in [2.75, 3.05) is 11.1 Å². The fourth-order valence-electron chi connectivity index (χ4n) is 1.87. The molecule has 3 rings (SSSR count). The van der Waals surface area contributed by atoms with Gasteiger partial charge in [0.15, 0.2) is 0 Å². The van der Waals surface area contributed by atoms with Gasteiger partial charge in [-0.2, -0.15) is 24.7 Å². The minimum absolute atomic E-state index is 0.139. The lowest BCUT2D eigenvalue weighted by atomic mass is 10.2. The summed E-state index contributed by atoms with van der Waals surface area (Å²) >= 11 is 1.71. The van der Waals surface area contributed by atoms with Gasteiger partial charge in [0.1, 0.15) is 12.7 Å². The number of nitrogen functional groups attached to an aromatic ring is 1. The van der Waals surface area contributed by atoms with E-state index in [4.69, 9.17) is 5.73 Å². The van der Waals surface area contributed by atoms with Crippen molar-refractivity contribution < 1.29 is 0 Å². The van der Waals surface area contributed by atoms with Gasteiger partial charge in [-0.15, -0.1) is 11.3 Å². The molecule has 21 heavy (non-hydrogen) atoms. The predicted molar refractivity (Wildman–Crippen MR) is 80.2 cm³/mol. The second kappa shape index (κ2) is 5.83. The molecule has 0 radical (unpaired) electrons. The van der Waals surface area contributed by atoms with Crippen molar-refractivity contribution >= 4 is 23.2 Å². The summed E-state index contributed by atoms with van der Waals surface area (Å²) in [5.41, 5.74) is 7.03. The van der Waals surface area contributed by atoms with Gasteiger partial charge in [-0.3, -0.25) is 0 Å². The van der Waals surface area contributed by atoms with Gasteiger partial charge in [0.25, 0.3) is 5.95 Å². The number of thiophene rings is 1. The number of hydrogen-bond acceptors (Lipinski definition) is 8. The molecule has 0 saturated carbocycles. The fraction of sp³-hybridized carbons (Fsp3) is 0.250. The number of anilines is 2. The van der Waals surface area contributed by atoms with Crippen molar-refractivity contribution in [2.24, 2.45) is 0 Å². The van der Waals surface area contributed by atoms with Gasteiger partial charge in [-0.25, -0.2) is 4.98 Å². The summed E-state index contributed by atoms with van der Waals surface area (Å²) in [6.07, 6.45) is 3.92. The maximum Gasteiger partial charge on any atom is 0.258 e. The van der Waals surface area contributed by atoms with Crippen LogP contribution in [0.4, 0.5) is 11.9 Å². The first-order valence-electron chi connectivity index (χ1n) is 6.42. The van der Waals surface area contributed by atoms with Crippen molar-refractivity contribution in [3.05, 3.63) is 34.5 Å². The summed E-state index contributed by atoms with van der Waals surface area (Å²) in [4.78, 5) is 17.5. The zero-order valence-corrected chi connectivity index (χ0v) is 12.2. The molecule has 0 unspecified atom stereocenters. The van der Waals surface area contributed by atoms with Crippen LogP contribution in [0, 0.1) is 0 Å². The fourth-order valence-corrected chi connectivity index (χ4v) is 2.79. The lowest BCUT2D eigenvalue weighted by Gasteiger charge is -2.07. The van der Waals surface area contributed by atoms with Crippen LogP contribution in [0.2, 0.25) is 0 Å². The third kappa shape index (κ3) is 2.97. The van der Waals surface area contributed by atoms with Gasteiger partial charge in [0.2, 0.25) is 11.9 Å². The minimum atomic E-state index is 0.139. The van der Waals surface area contributed by atoms with Gasteiger partial charge in [-0.1, -0.05) is 6.92 Å². The van der Waals surface area contributed by atoms with Crippen LogP contribution in [0.25, 0.3) is 5.95 Å². The van der Waals surface area contributed by atoms with Crippen molar-refractivity contribution in [3.63, 3.8) is 0 Å². The minimum Gasteiger partial charge on any atom is -0.368 e. The van der Waals surface area contributed by atoms with E-state index in [0.29, 0.717) is 18.4 Å². The van der Waals surface area contributed by atoms with E-state index >= 15 is 0 Å². The molecule has 0 spiro atoms. The molecule has 108 valence electrons. The van der Waals surface area contributed by atoms with Crippen LogP contribution in [-0.2, 0) is 13.0 Å². The van der Waals surface area contributed by atoms with Gasteiger partial charge in [-0.05, 0) is 23.4 Å². The Bertz CT molecular complexity index is 721. The Morgan fingerprint density at radius 3 is 3.00 bits per heavy atom. The van der Waals surface area contributed by atoms with E-state index in [1.165, 1.54) is 27.8 Å². The summed E-state index contributed by atoms with van der Waals surface area (Å²) in [7, 11) is 0. The zero-order chi connectivity index (χ0) is 14.7. The molecule has 8 nitrogen and oxygen atoms in total. The SMILES string of the molecule is CCc1ccsc1CNc1nc(N)nc(-n2cncn2)n1. The van der Waals surface area contributed by atoms with Crippen LogP contribution in [0.3, 0.4) is 0 Å². The Morgan fingerprint density at radius 1 is 1.33 bits per heavy atom. The summed E-state index contributed by atoms with van der Waals surface area (Å²) in [5.74, 6) is 0.896.